The fraction of sp³-hybridized carbons (Fsp3) is 0.185. The van der Waals surface area contributed by atoms with E-state index >= 15 is 0 Å². The molecule has 21 heteroatoms. The van der Waals surface area contributed by atoms with Crippen LogP contribution in [0.25, 0.3) is 0 Å². The van der Waals surface area contributed by atoms with Crippen LogP contribution >= 0.6 is 23.1 Å². The number of aliphatic carboxylic acids is 2. The topological polar surface area (TPSA) is 295 Å². The van der Waals surface area contributed by atoms with Gasteiger partial charge < -0.3 is 51.4 Å². The SMILES string of the molecule is N=c1cc(N)ncn1C/C=C/C1=C(C(=O)O)N2C(=O)[C@@H](NC(=O)/C(=N\O[C@H](C(=O)[O-])c3ccc(O)c(O)c3)c3csc(N)n3)[C@H]2SC1.[Na+]. The van der Waals surface area contributed by atoms with E-state index in [-0.39, 0.29) is 75.2 Å². The Kier molecular flexibility index (Phi) is 11.2. The number of fused-ring (bicyclic) bond motifs is 1. The molecule has 244 valence electrons. The van der Waals surface area contributed by atoms with Gasteiger partial charge in [0.1, 0.15) is 34.1 Å². The third-order valence-electron chi connectivity index (χ3n) is 6.79. The van der Waals surface area contributed by atoms with E-state index in [0.717, 1.165) is 34.4 Å². The van der Waals surface area contributed by atoms with Gasteiger partial charge in [0.2, 0.25) is 0 Å². The number of nitrogens with zero attached hydrogens (tertiary/aromatic N) is 5. The molecule has 2 amide bonds. The summed E-state index contributed by atoms with van der Waals surface area (Å²) in [4.78, 5) is 64.8. The largest absolute Gasteiger partial charge is 1.00 e. The summed E-state index contributed by atoms with van der Waals surface area (Å²) in [5.41, 5.74) is 10.6. The minimum atomic E-state index is -1.94. The molecular weight excluding hydrogens is 681 g/mol. The number of carbonyl (C=O) groups is 4. The number of phenolic OH excluding ortho intramolecular Hbond substituents is 2. The van der Waals surface area contributed by atoms with Gasteiger partial charge in [-0.1, -0.05) is 23.4 Å². The van der Waals surface area contributed by atoms with E-state index in [9.17, 15) is 39.6 Å². The average Bonchev–Trinajstić information content (AvgIpc) is 3.45. The molecule has 3 atom stereocenters. The number of rotatable bonds is 11. The number of thiazole rings is 1. The van der Waals surface area contributed by atoms with Gasteiger partial charge in [-0.05, 0) is 17.7 Å². The molecule has 3 aromatic rings. The number of allylic oxidation sites excluding steroid dienone is 2. The van der Waals surface area contributed by atoms with Crippen LogP contribution in [0.15, 0.2) is 64.6 Å². The van der Waals surface area contributed by atoms with Gasteiger partial charge in [-0.2, -0.15) is 0 Å². The Hall–Kier alpha value is -4.89. The standard InChI is InChI=1S/C27H25N9O9S2.Na/c28-16-7-17(29)35(10-31-16)5-1-2-12-8-46-24-19(23(40)36(24)20(12)25(41)42)33-22(39)18(13-9-47-27(30)32-13)34-45-21(26(43)44)11-3-4-14(37)15(38)6-11;/h1-4,6-7,9-10,19,21,24,29,37-38H,5,8,28H2,(H2,30,32)(H,33,39)(H,41,42)(H,43,44);/q;+1/p-1/b2-1+,29-17?,34-18-;/t19-,21+,24-;/m1./s1. The van der Waals surface area contributed by atoms with Gasteiger partial charge in [0, 0.05) is 29.3 Å². The molecule has 0 saturated carbocycles. The molecule has 5 rings (SSSR count). The first-order chi connectivity index (χ1) is 22.3. The smallest absolute Gasteiger partial charge is 0.546 e. The molecule has 0 aliphatic carbocycles. The van der Waals surface area contributed by atoms with E-state index in [2.05, 4.69) is 20.4 Å². The number of carboxylic acids is 2. The molecule has 0 bridgehead atoms. The van der Waals surface area contributed by atoms with Gasteiger partial charge in [0.25, 0.3) is 11.8 Å². The number of aromatic hydroxyl groups is 2. The van der Waals surface area contributed by atoms with E-state index in [1.807, 2.05) is 0 Å². The average molecular weight is 706 g/mol. The summed E-state index contributed by atoms with van der Waals surface area (Å²) in [6.45, 7) is 0.182. The summed E-state index contributed by atoms with van der Waals surface area (Å²) in [6.07, 6.45) is 2.57. The van der Waals surface area contributed by atoms with Crippen molar-refractivity contribution in [3.63, 3.8) is 0 Å². The number of hydrogen-bond donors (Lipinski definition) is 7. The van der Waals surface area contributed by atoms with Gasteiger partial charge in [-0.15, -0.1) is 23.1 Å². The van der Waals surface area contributed by atoms with Crippen molar-refractivity contribution in [1.29, 1.82) is 5.41 Å². The van der Waals surface area contributed by atoms with Crippen LogP contribution in [0, 0.1) is 5.41 Å². The number of anilines is 2. The van der Waals surface area contributed by atoms with Crippen LogP contribution in [-0.4, -0.2) is 81.4 Å². The van der Waals surface area contributed by atoms with Crippen molar-refractivity contribution >= 4 is 63.5 Å². The number of nitrogens with one attached hydrogen (secondary N) is 2. The molecule has 1 fully saturated rings. The zero-order valence-electron chi connectivity index (χ0n) is 24.8. The van der Waals surface area contributed by atoms with Crippen molar-refractivity contribution in [2.45, 2.75) is 24.1 Å². The second-order valence-corrected chi connectivity index (χ2v) is 11.9. The number of phenols is 2. The number of β-lactam (4-membered cyclic amide) rings is 1. The molecular formula is C27H24N9NaO9S2. The molecule has 2 aromatic heterocycles. The number of nitrogens with two attached hydrogens (primary N) is 2. The number of nitrogen functional groups attached to an aromatic ring is 2. The maximum absolute atomic E-state index is 13.4. The van der Waals surface area contributed by atoms with Crippen molar-refractivity contribution in [3.8, 4) is 11.5 Å². The molecule has 1 saturated heterocycles. The Morgan fingerprint density at radius 1 is 1.25 bits per heavy atom. The Bertz CT molecular complexity index is 1940. The fourth-order valence-electron chi connectivity index (χ4n) is 4.54. The van der Waals surface area contributed by atoms with Gasteiger partial charge in [-0.3, -0.25) is 19.9 Å². The van der Waals surface area contributed by atoms with E-state index < -0.39 is 58.5 Å². The van der Waals surface area contributed by atoms with E-state index in [4.69, 9.17) is 21.7 Å². The van der Waals surface area contributed by atoms with Gasteiger partial charge in [-0.25, -0.2) is 14.8 Å². The monoisotopic (exact) mass is 705 g/mol. The van der Waals surface area contributed by atoms with Crippen molar-refractivity contribution in [2.24, 2.45) is 5.16 Å². The minimum Gasteiger partial charge on any atom is -0.546 e. The van der Waals surface area contributed by atoms with Crippen LogP contribution in [0.1, 0.15) is 17.4 Å². The number of benzene rings is 1. The van der Waals surface area contributed by atoms with Gasteiger partial charge in [0.05, 0.1) is 12.3 Å². The first-order valence-corrected chi connectivity index (χ1v) is 15.2. The number of aromatic nitrogens is 3. The summed E-state index contributed by atoms with van der Waals surface area (Å²) < 4.78 is 1.47. The zero-order chi connectivity index (χ0) is 34.0. The molecule has 2 aliphatic heterocycles. The van der Waals surface area contributed by atoms with Crippen LogP contribution in [0.3, 0.4) is 0 Å². The van der Waals surface area contributed by atoms with Crippen molar-refractivity contribution in [2.75, 3.05) is 17.2 Å². The number of carbonyl (C=O) groups excluding carboxylic acids is 3. The molecule has 0 unspecified atom stereocenters. The number of carboxylic acid groups (broad SMARTS) is 2. The van der Waals surface area contributed by atoms with Crippen LogP contribution in [0.2, 0.25) is 0 Å². The Balaban J connectivity index is 0.00000520. The van der Waals surface area contributed by atoms with Crippen LogP contribution in [0.4, 0.5) is 10.9 Å². The Labute approximate surface area is 300 Å². The van der Waals surface area contributed by atoms with Gasteiger partial charge in [0.15, 0.2) is 28.4 Å². The first kappa shape index (κ1) is 36.0. The Morgan fingerprint density at radius 2 is 2.00 bits per heavy atom. The maximum atomic E-state index is 13.4. The first-order valence-electron chi connectivity index (χ1n) is 13.3. The maximum Gasteiger partial charge on any atom is 1.00 e. The minimum absolute atomic E-state index is 0. The third kappa shape index (κ3) is 7.47. The summed E-state index contributed by atoms with van der Waals surface area (Å²) >= 11 is 2.13. The predicted octanol–water partition coefficient (Wildman–Crippen LogP) is -4.39. The summed E-state index contributed by atoms with van der Waals surface area (Å²) in [5.74, 6) is -5.71. The normalized spacial score (nSPS) is 18.0. The molecule has 2 aliphatic rings. The molecule has 9 N–H and O–H groups in total. The molecule has 48 heavy (non-hydrogen) atoms. The molecule has 0 spiro atoms. The van der Waals surface area contributed by atoms with Crippen LogP contribution in [0.5, 0.6) is 11.5 Å². The summed E-state index contributed by atoms with van der Waals surface area (Å²) in [5, 5.41) is 55.8. The number of amides is 2. The van der Waals surface area contributed by atoms with Crippen molar-refractivity contribution in [1.82, 2.24) is 24.8 Å². The molecule has 18 nitrogen and oxygen atoms in total. The van der Waals surface area contributed by atoms with Crippen LogP contribution in [-0.2, 0) is 30.6 Å². The molecule has 1 aromatic carbocycles. The zero-order valence-corrected chi connectivity index (χ0v) is 28.4. The van der Waals surface area contributed by atoms with Crippen molar-refractivity contribution in [3.05, 3.63) is 76.1 Å². The van der Waals surface area contributed by atoms with E-state index in [0.29, 0.717) is 5.57 Å². The van der Waals surface area contributed by atoms with Crippen LogP contribution < -0.4 is 56.9 Å². The molecule has 4 heterocycles. The molecule has 0 radical (unpaired) electrons. The van der Waals surface area contributed by atoms with Crippen molar-refractivity contribution < 1.29 is 74.0 Å². The number of oxime groups is 1. The number of hydrogen-bond acceptors (Lipinski definition) is 16. The third-order valence-corrected chi connectivity index (χ3v) is 8.77. The predicted molar refractivity (Wildman–Crippen MR) is 163 cm³/mol. The Morgan fingerprint density at radius 3 is 2.62 bits per heavy atom. The quantitative estimate of drug-likeness (QED) is 0.0326. The van der Waals surface area contributed by atoms with Gasteiger partial charge >= 0.3 is 35.5 Å². The van der Waals surface area contributed by atoms with E-state index in [1.54, 1.807) is 6.08 Å². The van der Waals surface area contributed by atoms with E-state index in [1.165, 1.54) is 40.2 Å². The fourth-order valence-corrected chi connectivity index (χ4v) is 6.41. The number of thioether (sulfide) groups is 1. The second-order valence-electron chi connectivity index (χ2n) is 9.86. The second kappa shape index (κ2) is 14.9. The summed E-state index contributed by atoms with van der Waals surface area (Å²) in [6, 6.07) is 3.22. The summed E-state index contributed by atoms with van der Waals surface area (Å²) in [7, 11) is 0.